The first kappa shape index (κ1) is 18.0. The van der Waals surface area contributed by atoms with E-state index in [4.69, 9.17) is 17.3 Å². The van der Waals surface area contributed by atoms with Crippen molar-refractivity contribution in [1.29, 1.82) is 0 Å². The molecule has 0 fully saturated rings. The number of hydrogen-bond acceptors (Lipinski definition) is 5. The van der Waals surface area contributed by atoms with Crippen LogP contribution in [0.3, 0.4) is 0 Å². The number of aromatic nitrogens is 4. The van der Waals surface area contributed by atoms with Gasteiger partial charge in [0, 0.05) is 12.2 Å². The van der Waals surface area contributed by atoms with Crippen LogP contribution in [0.4, 0.5) is 24.7 Å². The molecule has 0 radical (unpaired) electrons. The number of aryl methyl sites for hydroxylation is 1. The van der Waals surface area contributed by atoms with Crippen LogP contribution in [0.25, 0.3) is 5.69 Å². The fourth-order valence-corrected chi connectivity index (χ4v) is 2.46. The average molecular weight is 383 g/mol. The molecule has 3 N–H and O–H groups in total. The molecule has 3 aromatic rings. The number of nitrogens with zero attached hydrogens (tertiary/aromatic N) is 4. The van der Waals surface area contributed by atoms with Gasteiger partial charge in [0.1, 0.15) is 0 Å². The second-order valence-corrected chi connectivity index (χ2v) is 5.88. The number of nitrogens with two attached hydrogens (primary N) is 1. The summed E-state index contributed by atoms with van der Waals surface area (Å²) in [6.45, 7) is 1.98. The van der Waals surface area contributed by atoms with Crippen molar-refractivity contribution in [2.24, 2.45) is 0 Å². The summed E-state index contributed by atoms with van der Waals surface area (Å²) < 4.78 is 39.6. The van der Waals surface area contributed by atoms with E-state index < -0.39 is 11.9 Å². The van der Waals surface area contributed by atoms with Crippen molar-refractivity contribution in [2.75, 3.05) is 11.1 Å². The van der Waals surface area contributed by atoms with Crippen LogP contribution in [0, 0.1) is 6.92 Å². The minimum absolute atomic E-state index is 0.0756. The summed E-state index contributed by atoms with van der Waals surface area (Å²) in [5.74, 6) is 0.409. The smallest absolute Gasteiger partial charge is 0.394 e. The molecule has 2 heterocycles. The Labute approximate surface area is 151 Å². The van der Waals surface area contributed by atoms with Crippen molar-refractivity contribution in [3.63, 3.8) is 0 Å². The number of anilines is 2. The molecule has 0 aliphatic rings. The SMILES string of the molecule is Cc1cc(C(F)(F)F)nn1-c1ccc(CNc2nc(Cl)ncc2N)cc1. The highest BCUT2D eigenvalue weighted by Gasteiger charge is 2.34. The Balaban J connectivity index is 1.75. The molecule has 1 aromatic carbocycles. The van der Waals surface area contributed by atoms with Gasteiger partial charge in [-0.05, 0) is 42.3 Å². The molecule has 0 unspecified atom stereocenters. The van der Waals surface area contributed by atoms with Gasteiger partial charge < -0.3 is 11.1 Å². The Hall–Kier alpha value is -2.81. The molecule has 26 heavy (non-hydrogen) atoms. The van der Waals surface area contributed by atoms with Crippen molar-refractivity contribution in [2.45, 2.75) is 19.6 Å². The summed E-state index contributed by atoms with van der Waals surface area (Å²) >= 11 is 5.73. The van der Waals surface area contributed by atoms with E-state index >= 15 is 0 Å². The van der Waals surface area contributed by atoms with E-state index in [1.807, 2.05) is 0 Å². The summed E-state index contributed by atoms with van der Waals surface area (Å²) in [4.78, 5) is 7.75. The predicted molar refractivity (Wildman–Crippen MR) is 92.1 cm³/mol. The van der Waals surface area contributed by atoms with E-state index in [1.54, 1.807) is 31.2 Å². The first-order valence-electron chi connectivity index (χ1n) is 7.49. The Morgan fingerprint density at radius 1 is 1.23 bits per heavy atom. The lowest BCUT2D eigenvalue weighted by molar-refractivity contribution is -0.141. The minimum atomic E-state index is -4.47. The topological polar surface area (TPSA) is 81.7 Å². The van der Waals surface area contributed by atoms with Gasteiger partial charge in [-0.25, -0.2) is 9.67 Å². The van der Waals surface area contributed by atoms with E-state index in [2.05, 4.69) is 20.4 Å². The van der Waals surface area contributed by atoms with Gasteiger partial charge in [-0.1, -0.05) is 12.1 Å². The van der Waals surface area contributed by atoms with Crippen LogP contribution in [0.2, 0.25) is 5.28 Å². The summed E-state index contributed by atoms with van der Waals surface area (Å²) in [5, 5.41) is 6.73. The third kappa shape index (κ3) is 3.88. The van der Waals surface area contributed by atoms with Gasteiger partial charge in [0.05, 0.1) is 17.6 Å². The van der Waals surface area contributed by atoms with Gasteiger partial charge in [0.2, 0.25) is 5.28 Å². The number of hydrogen-bond donors (Lipinski definition) is 2. The third-order valence-electron chi connectivity index (χ3n) is 3.61. The molecule has 0 saturated carbocycles. The molecule has 136 valence electrons. The lowest BCUT2D eigenvalue weighted by atomic mass is 10.2. The highest BCUT2D eigenvalue weighted by Crippen LogP contribution is 2.29. The van der Waals surface area contributed by atoms with Gasteiger partial charge in [0.15, 0.2) is 11.5 Å². The van der Waals surface area contributed by atoms with Crippen molar-refractivity contribution in [3.05, 3.63) is 58.8 Å². The molecule has 0 saturated heterocycles. The average Bonchev–Trinajstić information content (AvgIpc) is 2.98. The van der Waals surface area contributed by atoms with Crippen molar-refractivity contribution < 1.29 is 13.2 Å². The number of nitrogens with one attached hydrogen (secondary N) is 1. The van der Waals surface area contributed by atoms with Crippen LogP contribution < -0.4 is 11.1 Å². The monoisotopic (exact) mass is 382 g/mol. The lowest BCUT2D eigenvalue weighted by Crippen LogP contribution is -2.08. The molecular weight excluding hydrogens is 369 g/mol. The number of benzene rings is 1. The Bertz CT molecular complexity index is 921. The van der Waals surface area contributed by atoms with E-state index in [1.165, 1.54) is 10.9 Å². The fourth-order valence-electron chi connectivity index (χ4n) is 2.33. The van der Waals surface area contributed by atoms with Crippen molar-refractivity contribution >= 4 is 23.1 Å². The number of alkyl halides is 3. The second kappa shape index (κ2) is 6.83. The summed E-state index contributed by atoms with van der Waals surface area (Å²) in [5.41, 5.74) is 7.00. The van der Waals surface area contributed by atoms with Crippen LogP contribution in [0.15, 0.2) is 36.5 Å². The standard InChI is InChI=1S/C16H14ClF3N6/c1-9-6-13(16(18,19)20)25-26(9)11-4-2-10(3-5-11)7-22-14-12(21)8-23-15(17)24-14/h2-6,8H,7,21H2,1H3,(H,22,23,24). The molecule has 2 aromatic heterocycles. The highest BCUT2D eigenvalue weighted by molar-refractivity contribution is 6.28. The molecule has 0 amide bonds. The molecule has 0 aliphatic carbocycles. The summed E-state index contributed by atoms with van der Waals surface area (Å²) in [6, 6.07) is 7.93. The maximum Gasteiger partial charge on any atom is 0.435 e. The molecule has 3 rings (SSSR count). The second-order valence-electron chi connectivity index (χ2n) is 5.54. The molecule has 10 heteroatoms. The molecule has 0 aliphatic heterocycles. The van der Waals surface area contributed by atoms with E-state index in [0.29, 0.717) is 29.4 Å². The zero-order valence-electron chi connectivity index (χ0n) is 13.5. The molecular formula is C16H14ClF3N6. The fraction of sp³-hybridized carbons (Fsp3) is 0.188. The van der Waals surface area contributed by atoms with E-state index in [0.717, 1.165) is 11.6 Å². The molecule has 0 atom stereocenters. The van der Waals surface area contributed by atoms with Crippen LogP contribution in [-0.4, -0.2) is 19.7 Å². The first-order chi connectivity index (χ1) is 12.2. The van der Waals surface area contributed by atoms with Gasteiger partial charge in [-0.3, -0.25) is 0 Å². The van der Waals surface area contributed by atoms with Crippen LogP contribution in [0.5, 0.6) is 0 Å². The van der Waals surface area contributed by atoms with Gasteiger partial charge in [-0.2, -0.15) is 23.3 Å². The van der Waals surface area contributed by atoms with Gasteiger partial charge in [0.25, 0.3) is 0 Å². The number of nitrogen functional groups attached to an aromatic ring is 1. The maximum atomic E-state index is 12.8. The lowest BCUT2D eigenvalue weighted by Gasteiger charge is -2.09. The van der Waals surface area contributed by atoms with Crippen LogP contribution in [0.1, 0.15) is 17.0 Å². The number of rotatable bonds is 4. The van der Waals surface area contributed by atoms with Gasteiger partial charge >= 0.3 is 6.18 Å². The minimum Gasteiger partial charge on any atom is -0.394 e. The zero-order chi connectivity index (χ0) is 18.9. The maximum absolute atomic E-state index is 12.8. The number of halogens is 4. The largest absolute Gasteiger partial charge is 0.435 e. The quantitative estimate of drug-likeness (QED) is 0.670. The Morgan fingerprint density at radius 2 is 1.92 bits per heavy atom. The summed E-state index contributed by atoms with van der Waals surface area (Å²) in [7, 11) is 0. The van der Waals surface area contributed by atoms with E-state index in [-0.39, 0.29) is 5.28 Å². The Morgan fingerprint density at radius 3 is 2.54 bits per heavy atom. The van der Waals surface area contributed by atoms with Gasteiger partial charge in [-0.15, -0.1) is 0 Å². The normalized spacial score (nSPS) is 11.6. The van der Waals surface area contributed by atoms with Crippen LogP contribution in [-0.2, 0) is 12.7 Å². The predicted octanol–water partition coefficient (Wildman–Crippen LogP) is 3.84. The summed E-state index contributed by atoms with van der Waals surface area (Å²) in [6.07, 6.45) is -3.07. The molecule has 6 nitrogen and oxygen atoms in total. The highest BCUT2D eigenvalue weighted by atomic mass is 35.5. The van der Waals surface area contributed by atoms with E-state index in [9.17, 15) is 13.2 Å². The third-order valence-corrected chi connectivity index (χ3v) is 3.79. The molecule has 0 spiro atoms. The van der Waals surface area contributed by atoms with Crippen LogP contribution >= 0.6 is 11.6 Å². The van der Waals surface area contributed by atoms with Crippen molar-refractivity contribution in [3.8, 4) is 5.69 Å². The van der Waals surface area contributed by atoms with Crippen molar-refractivity contribution in [1.82, 2.24) is 19.7 Å². The first-order valence-corrected chi connectivity index (χ1v) is 7.87. The Kier molecular flexibility index (Phi) is 4.73. The molecule has 0 bridgehead atoms. The zero-order valence-corrected chi connectivity index (χ0v) is 14.3.